The van der Waals surface area contributed by atoms with Crippen LogP contribution in [-0.2, 0) is 6.42 Å². The van der Waals surface area contributed by atoms with Crippen molar-refractivity contribution in [2.45, 2.75) is 58.4 Å². The maximum atomic E-state index is 13.0. The van der Waals surface area contributed by atoms with Crippen molar-refractivity contribution >= 4 is 0 Å². The summed E-state index contributed by atoms with van der Waals surface area (Å²) in [6, 6.07) is 5.80. The van der Waals surface area contributed by atoms with E-state index in [1.165, 1.54) is 37.7 Å². The minimum atomic E-state index is -0.132. The Morgan fingerprint density at radius 1 is 1.21 bits per heavy atom. The highest BCUT2D eigenvalue weighted by Crippen LogP contribution is 2.22. The van der Waals surface area contributed by atoms with Crippen LogP contribution in [0.2, 0.25) is 0 Å². The molecule has 1 saturated carbocycles. The van der Waals surface area contributed by atoms with Crippen molar-refractivity contribution in [2.24, 2.45) is 5.92 Å². The molecule has 0 amide bonds. The molecule has 0 aliphatic heterocycles. The van der Waals surface area contributed by atoms with Crippen LogP contribution in [-0.4, -0.2) is 12.6 Å². The van der Waals surface area contributed by atoms with E-state index < -0.39 is 0 Å². The molecule has 0 heterocycles. The fraction of sp³-hybridized carbons (Fsp3) is 0.647. The van der Waals surface area contributed by atoms with Crippen LogP contribution in [0, 0.1) is 18.7 Å². The van der Waals surface area contributed by atoms with Gasteiger partial charge in [0.05, 0.1) is 0 Å². The van der Waals surface area contributed by atoms with Crippen molar-refractivity contribution in [1.82, 2.24) is 5.32 Å². The lowest BCUT2D eigenvalue weighted by Gasteiger charge is -2.16. The molecular formula is C17H26FN. The fourth-order valence-electron chi connectivity index (χ4n) is 3.04. The monoisotopic (exact) mass is 263 g/mol. The molecule has 106 valence electrons. The highest BCUT2D eigenvalue weighted by Gasteiger charge is 2.15. The van der Waals surface area contributed by atoms with Gasteiger partial charge < -0.3 is 5.32 Å². The van der Waals surface area contributed by atoms with Crippen LogP contribution in [0.5, 0.6) is 0 Å². The second kappa shape index (κ2) is 7.04. The van der Waals surface area contributed by atoms with Crippen LogP contribution in [0.4, 0.5) is 4.39 Å². The number of halogens is 1. The average Bonchev–Trinajstić information content (AvgIpc) is 2.57. The molecule has 2 rings (SSSR count). The summed E-state index contributed by atoms with van der Waals surface area (Å²) in [6.07, 6.45) is 7.71. The molecule has 1 fully saturated rings. The van der Waals surface area contributed by atoms with Gasteiger partial charge in [0.15, 0.2) is 0 Å². The van der Waals surface area contributed by atoms with E-state index in [2.05, 4.69) is 12.2 Å². The van der Waals surface area contributed by atoms with E-state index in [-0.39, 0.29) is 5.82 Å². The molecule has 0 bridgehead atoms. The van der Waals surface area contributed by atoms with Gasteiger partial charge in [-0.2, -0.15) is 0 Å². The minimum Gasteiger partial charge on any atom is -0.314 e. The highest BCUT2D eigenvalue weighted by atomic mass is 19.1. The number of aryl methyl sites for hydroxylation is 1. The van der Waals surface area contributed by atoms with E-state index in [0.717, 1.165) is 24.4 Å². The second-order valence-corrected chi connectivity index (χ2v) is 6.09. The molecule has 1 aromatic rings. The average molecular weight is 263 g/mol. The van der Waals surface area contributed by atoms with E-state index in [4.69, 9.17) is 0 Å². The third-order valence-corrected chi connectivity index (χ3v) is 4.39. The van der Waals surface area contributed by atoms with Gasteiger partial charge in [-0.05, 0) is 68.3 Å². The number of benzene rings is 1. The van der Waals surface area contributed by atoms with E-state index >= 15 is 0 Å². The molecule has 0 radical (unpaired) electrons. The molecule has 2 heteroatoms. The van der Waals surface area contributed by atoms with Crippen molar-refractivity contribution in [1.29, 1.82) is 0 Å². The van der Waals surface area contributed by atoms with E-state index in [0.29, 0.717) is 6.04 Å². The summed E-state index contributed by atoms with van der Waals surface area (Å²) < 4.78 is 13.0. The summed E-state index contributed by atoms with van der Waals surface area (Å²) in [5, 5.41) is 3.68. The quantitative estimate of drug-likeness (QED) is 0.801. The fourth-order valence-corrected chi connectivity index (χ4v) is 3.04. The van der Waals surface area contributed by atoms with Crippen LogP contribution in [0.15, 0.2) is 18.2 Å². The third kappa shape index (κ3) is 4.61. The van der Waals surface area contributed by atoms with E-state index in [1.807, 2.05) is 13.0 Å². The first-order chi connectivity index (χ1) is 9.15. The summed E-state index contributed by atoms with van der Waals surface area (Å²) in [5.74, 6) is 0.762. The SMILES string of the molecule is Cc1cc(F)ccc1CCNC1CCCC(C)CC1. The van der Waals surface area contributed by atoms with Gasteiger partial charge in [-0.3, -0.25) is 0 Å². The zero-order valence-electron chi connectivity index (χ0n) is 12.2. The van der Waals surface area contributed by atoms with Gasteiger partial charge >= 0.3 is 0 Å². The molecule has 2 unspecified atom stereocenters. The Morgan fingerprint density at radius 2 is 2.05 bits per heavy atom. The van der Waals surface area contributed by atoms with Crippen molar-refractivity contribution in [3.05, 3.63) is 35.1 Å². The largest absolute Gasteiger partial charge is 0.314 e. The number of hydrogen-bond donors (Lipinski definition) is 1. The molecule has 0 aromatic heterocycles. The minimum absolute atomic E-state index is 0.132. The summed E-state index contributed by atoms with van der Waals surface area (Å²) in [4.78, 5) is 0. The zero-order chi connectivity index (χ0) is 13.7. The summed E-state index contributed by atoms with van der Waals surface area (Å²) >= 11 is 0. The summed E-state index contributed by atoms with van der Waals surface area (Å²) in [6.45, 7) is 5.36. The number of hydrogen-bond acceptors (Lipinski definition) is 1. The second-order valence-electron chi connectivity index (χ2n) is 6.09. The number of nitrogens with one attached hydrogen (secondary N) is 1. The summed E-state index contributed by atoms with van der Waals surface area (Å²) in [7, 11) is 0. The predicted molar refractivity (Wildman–Crippen MR) is 78.9 cm³/mol. The maximum absolute atomic E-state index is 13.0. The van der Waals surface area contributed by atoms with Crippen LogP contribution < -0.4 is 5.32 Å². The van der Waals surface area contributed by atoms with Gasteiger partial charge in [0.25, 0.3) is 0 Å². The first kappa shape index (κ1) is 14.5. The Kier molecular flexibility index (Phi) is 5.38. The van der Waals surface area contributed by atoms with Gasteiger partial charge in [0.2, 0.25) is 0 Å². The van der Waals surface area contributed by atoms with Gasteiger partial charge in [0, 0.05) is 6.04 Å². The first-order valence-electron chi connectivity index (χ1n) is 7.63. The Hall–Kier alpha value is -0.890. The van der Waals surface area contributed by atoms with Gasteiger partial charge in [-0.15, -0.1) is 0 Å². The lowest BCUT2D eigenvalue weighted by Crippen LogP contribution is -2.30. The van der Waals surface area contributed by atoms with Gasteiger partial charge in [-0.25, -0.2) is 4.39 Å². The predicted octanol–water partition coefficient (Wildman–Crippen LogP) is 4.24. The molecular weight excluding hydrogens is 237 g/mol. The molecule has 1 N–H and O–H groups in total. The number of rotatable bonds is 4. The molecule has 1 nitrogen and oxygen atoms in total. The topological polar surface area (TPSA) is 12.0 Å². The Labute approximate surface area is 116 Å². The maximum Gasteiger partial charge on any atom is 0.123 e. The molecule has 1 aliphatic carbocycles. The van der Waals surface area contributed by atoms with Crippen molar-refractivity contribution in [3.8, 4) is 0 Å². The van der Waals surface area contributed by atoms with Crippen LogP contribution in [0.3, 0.4) is 0 Å². The smallest absolute Gasteiger partial charge is 0.123 e. The Morgan fingerprint density at radius 3 is 2.84 bits per heavy atom. The van der Waals surface area contributed by atoms with Crippen LogP contribution in [0.25, 0.3) is 0 Å². The van der Waals surface area contributed by atoms with E-state index in [1.54, 1.807) is 12.1 Å². The zero-order valence-corrected chi connectivity index (χ0v) is 12.2. The normalized spacial score (nSPS) is 24.2. The van der Waals surface area contributed by atoms with Gasteiger partial charge in [-0.1, -0.05) is 25.8 Å². The molecule has 1 aromatic carbocycles. The van der Waals surface area contributed by atoms with Crippen molar-refractivity contribution < 1.29 is 4.39 Å². The van der Waals surface area contributed by atoms with Crippen LogP contribution in [0.1, 0.15) is 50.2 Å². The Balaban J connectivity index is 1.76. The highest BCUT2D eigenvalue weighted by molar-refractivity contribution is 5.26. The van der Waals surface area contributed by atoms with Crippen LogP contribution >= 0.6 is 0 Å². The molecule has 1 aliphatic rings. The third-order valence-electron chi connectivity index (χ3n) is 4.39. The van der Waals surface area contributed by atoms with E-state index in [9.17, 15) is 4.39 Å². The summed E-state index contributed by atoms with van der Waals surface area (Å²) in [5.41, 5.74) is 2.33. The lowest BCUT2D eigenvalue weighted by atomic mass is 10.0. The van der Waals surface area contributed by atoms with Crippen molar-refractivity contribution in [3.63, 3.8) is 0 Å². The lowest BCUT2D eigenvalue weighted by molar-refractivity contribution is 0.450. The standard InChI is InChI=1S/C17H26FN/c1-13-4-3-5-17(9-6-13)19-11-10-15-7-8-16(18)12-14(15)2/h7-8,12-13,17,19H,3-6,9-11H2,1-2H3. The molecule has 0 spiro atoms. The molecule has 2 atom stereocenters. The van der Waals surface area contributed by atoms with Crippen molar-refractivity contribution in [2.75, 3.05) is 6.54 Å². The molecule has 0 saturated heterocycles. The first-order valence-corrected chi connectivity index (χ1v) is 7.63. The van der Waals surface area contributed by atoms with Gasteiger partial charge in [0.1, 0.15) is 5.82 Å². The molecule has 19 heavy (non-hydrogen) atoms. The Bertz CT molecular complexity index is 402.